The van der Waals surface area contributed by atoms with Crippen molar-refractivity contribution in [1.82, 2.24) is 15.1 Å². The van der Waals surface area contributed by atoms with E-state index in [2.05, 4.69) is 41.4 Å². The summed E-state index contributed by atoms with van der Waals surface area (Å²) in [5, 5.41) is 11.9. The molecule has 0 radical (unpaired) electrons. The third-order valence-electron chi connectivity index (χ3n) is 5.73. The van der Waals surface area contributed by atoms with E-state index in [0.29, 0.717) is 12.6 Å². The zero-order valence-electron chi connectivity index (χ0n) is 17.0. The molecule has 29 heavy (non-hydrogen) atoms. The number of hydrogen-bond donors (Lipinski definition) is 2. The van der Waals surface area contributed by atoms with Crippen LogP contribution in [0.25, 0.3) is 0 Å². The fourth-order valence-corrected chi connectivity index (χ4v) is 3.83. The van der Waals surface area contributed by atoms with Crippen LogP contribution < -0.4 is 5.32 Å². The summed E-state index contributed by atoms with van der Waals surface area (Å²) in [5.74, 6) is -0.951. The molecular formula is C23H29N3O3. The molecule has 1 aliphatic heterocycles. The second kappa shape index (κ2) is 9.56. The van der Waals surface area contributed by atoms with Crippen LogP contribution in [0.3, 0.4) is 0 Å². The zero-order valence-corrected chi connectivity index (χ0v) is 17.0. The summed E-state index contributed by atoms with van der Waals surface area (Å²) >= 11 is 0. The normalized spacial score (nSPS) is 19.5. The molecule has 2 N–H and O–H groups in total. The van der Waals surface area contributed by atoms with Crippen LogP contribution in [0.2, 0.25) is 0 Å². The molecule has 2 aromatic rings. The lowest BCUT2D eigenvalue weighted by atomic mass is 9.96. The van der Waals surface area contributed by atoms with E-state index in [1.165, 1.54) is 5.56 Å². The van der Waals surface area contributed by atoms with Gasteiger partial charge >= 0.3 is 12.0 Å². The summed E-state index contributed by atoms with van der Waals surface area (Å²) in [6, 6.07) is 17.6. The van der Waals surface area contributed by atoms with Gasteiger partial charge in [0.25, 0.3) is 0 Å². The van der Waals surface area contributed by atoms with E-state index >= 15 is 0 Å². The summed E-state index contributed by atoms with van der Waals surface area (Å²) in [6.45, 7) is 4.52. The Morgan fingerprint density at radius 2 is 1.79 bits per heavy atom. The number of benzene rings is 2. The molecule has 2 atom stereocenters. The highest BCUT2D eigenvalue weighted by Crippen LogP contribution is 2.23. The highest BCUT2D eigenvalue weighted by molar-refractivity contribution is 5.87. The maximum atomic E-state index is 12.6. The monoisotopic (exact) mass is 395 g/mol. The van der Waals surface area contributed by atoms with Gasteiger partial charge in [0.2, 0.25) is 0 Å². The van der Waals surface area contributed by atoms with E-state index in [9.17, 15) is 9.59 Å². The molecule has 6 heteroatoms. The minimum Gasteiger partial charge on any atom is -0.478 e. The molecule has 1 fully saturated rings. The lowest BCUT2D eigenvalue weighted by Gasteiger charge is -2.41. The summed E-state index contributed by atoms with van der Waals surface area (Å²) < 4.78 is 0. The second-order valence-corrected chi connectivity index (χ2v) is 7.75. The standard InChI is InChI=1S/C23H29N3O3/c1-17-14-21(12-13-26(17)16-19-6-4-3-5-7-19)25(2)23(29)24-15-18-8-10-20(11-9-18)22(27)28/h3-11,17,21H,12-16H2,1-2H3,(H,24,29)(H,27,28). The van der Waals surface area contributed by atoms with Crippen LogP contribution in [0.15, 0.2) is 54.6 Å². The minimum absolute atomic E-state index is 0.0963. The van der Waals surface area contributed by atoms with Crippen molar-refractivity contribution >= 4 is 12.0 Å². The lowest BCUT2D eigenvalue weighted by molar-refractivity contribution is 0.0696. The first-order valence-electron chi connectivity index (χ1n) is 10.0. The fourth-order valence-electron chi connectivity index (χ4n) is 3.83. The van der Waals surface area contributed by atoms with Crippen molar-refractivity contribution < 1.29 is 14.7 Å². The molecule has 154 valence electrons. The van der Waals surface area contributed by atoms with Crippen LogP contribution in [0, 0.1) is 0 Å². The van der Waals surface area contributed by atoms with Crippen molar-refractivity contribution in [2.75, 3.05) is 13.6 Å². The summed E-state index contributed by atoms with van der Waals surface area (Å²) in [7, 11) is 1.85. The minimum atomic E-state index is -0.951. The number of nitrogens with zero attached hydrogens (tertiary/aromatic N) is 2. The number of hydrogen-bond acceptors (Lipinski definition) is 3. The number of carboxylic acids is 1. The Morgan fingerprint density at radius 3 is 2.41 bits per heavy atom. The van der Waals surface area contributed by atoms with E-state index in [1.807, 2.05) is 18.0 Å². The van der Waals surface area contributed by atoms with Gasteiger partial charge in [0.15, 0.2) is 0 Å². The fraction of sp³-hybridized carbons (Fsp3) is 0.391. The molecule has 3 rings (SSSR count). The van der Waals surface area contributed by atoms with Gasteiger partial charge in [-0.2, -0.15) is 0 Å². The number of carbonyl (C=O) groups excluding carboxylic acids is 1. The van der Waals surface area contributed by atoms with Crippen molar-refractivity contribution in [2.45, 2.75) is 44.9 Å². The predicted octanol–water partition coefficient (Wildman–Crippen LogP) is 3.58. The zero-order chi connectivity index (χ0) is 20.8. The molecule has 0 bridgehead atoms. The van der Waals surface area contributed by atoms with E-state index in [0.717, 1.165) is 31.5 Å². The van der Waals surface area contributed by atoms with Crippen LogP contribution >= 0.6 is 0 Å². The molecule has 0 spiro atoms. The van der Waals surface area contributed by atoms with Crippen LogP contribution in [-0.4, -0.2) is 52.6 Å². The first-order chi connectivity index (χ1) is 13.9. The molecule has 0 saturated carbocycles. The highest BCUT2D eigenvalue weighted by atomic mass is 16.4. The summed E-state index contributed by atoms with van der Waals surface area (Å²) in [4.78, 5) is 27.8. The second-order valence-electron chi connectivity index (χ2n) is 7.75. The Morgan fingerprint density at radius 1 is 1.10 bits per heavy atom. The number of rotatable bonds is 6. The number of carboxylic acid groups (broad SMARTS) is 1. The SMILES string of the molecule is CC1CC(N(C)C(=O)NCc2ccc(C(=O)O)cc2)CCN1Cc1ccccc1. The maximum Gasteiger partial charge on any atom is 0.335 e. The van der Waals surface area contributed by atoms with Crippen LogP contribution in [-0.2, 0) is 13.1 Å². The summed E-state index contributed by atoms with van der Waals surface area (Å²) in [6.07, 6.45) is 1.90. The topological polar surface area (TPSA) is 72.9 Å². The molecule has 1 saturated heterocycles. The molecule has 0 aromatic heterocycles. The van der Waals surface area contributed by atoms with Gasteiger partial charge in [-0.15, -0.1) is 0 Å². The molecule has 2 amide bonds. The van der Waals surface area contributed by atoms with Gasteiger partial charge in [0.1, 0.15) is 0 Å². The van der Waals surface area contributed by atoms with E-state index in [1.54, 1.807) is 24.3 Å². The Hall–Kier alpha value is -2.86. The summed E-state index contributed by atoms with van der Waals surface area (Å²) in [5.41, 5.74) is 2.44. The Kier molecular flexibility index (Phi) is 6.88. The van der Waals surface area contributed by atoms with Gasteiger partial charge in [-0.3, -0.25) is 4.90 Å². The first kappa shape index (κ1) is 20.9. The average molecular weight is 396 g/mol. The number of aromatic carboxylic acids is 1. The molecule has 6 nitrogen and oxygen atoms in total. The molecular weight excluding hydrogens is 366 g/mol. The van der Waals surface area contributed by atoms with Gasteiger partial charge in [-0.05, 0) is 43.0 Å². The number of amides is 2. The Bertz CT molecular complexity index is 823. The Balaban J connectivity index is 1.48. The van der Waals surface area contributed by atoms with Crippen LogP contribution in [0.5, 0.6) is 0 Å². The molecule has 0 aliphatic carbocycles. The van der Waals surface area contributed by atoms with Gasteiger partial charge in [-0.25, -0.2) is 9.59 Å². The van der Waals surface area contributed by atoms with Gasteiger partial charge in [-0.1, -0.05) is 42.5 Å². The van der Waals surface area contributed by atoms with Crippen molar-refractivity contribution in [3.05, 3.63) is 71.3 Å². The van der Waals surface area contributed by atoms with E-state index < -0.39 is 5.97 Å². The largest absolute Gasteiger partial charge is 0.478 e. The Labute approximate surface area is 172 Å². The van der Waals surface area contributed by atoms with Crippen LogP contribution in [0.4, 0.5) is 4.79 Å². The number of nitrogens with one attached hydrogen (secondary N) is 1. The smallest absolute Gasteiger partial charge is 0.335 e. The maximum absolute atomic E-state index is 12.6. The highest BCUT2D eigenvalue weighted by Gasteiger charge is 2.29. The first-order valence-corrected chi connectivity index (χ1v) is 10.0. The van der Waals surface area contributed by atoms with Crippen molar-refractivity contribution in [3.63, 3.8) is 0 Å². The van der Waals surface area contributed by atoms with E-state index in [4.69, 9.17) is 5.11 Å². The molecule has 2 aromatic carbocycles. The van der Waals surface area contributed by atoms with E-state index in [-0.39, 0.29) is 17.6 Å². The molecule has 1 heterocycles. The number of likely N-dealkylation sites (tertiary alicyclic amines) is 1. The third-order valence-corrected chi connectivity index (χ3v) is 5.73. The van der Waals surface area contributed by atoms with Crippen molar-refractivity contribution in [2.24, 2.45) is 0 Å². The third kappa shape index (κ3) is 5.57. The lowest BCUT2D eigenvalue weighted by Crippen LogP contribution is -2.51. The van der Waals surface area contributed by atoms with Crippen molar-refractivity contribution in [3.8, 4) is 0 Å². The number of urea groups is 1. The van der Waals surface area contributed by atoms with Crippen molar-refractivity contribution in [1.29, 1.82) is 0 Å². The van der Waals surface area contributed by atoms with Crippen LogP contribution in [0.1, 0.15) is 41.3 Å². The average Bonchev–Trinajstić information content (AvgIpc) is 2.74. The van der Waals surface area contributed by atoms with Gasteiger partial charge in [0, 0.05) is 38.8 Å². The number of carbonyl (C=O) groups is 2. The quantitative estimate of drug-likeness (QED) is 0.784. The molecule has 1 aliphatic rings. The van der Waals surface area contributed by atoms with Gasteiger partial charge in [0.05, 0.1) is 5.56 Å². The van der Waals surface area contributed by atoms with Gasteiger partial charge < -0.3 is 15.3 Å². The number of piperidine rings is 1. The molecule has 2 unspecified atom stereocenters. The predicted molar refractivity (Wildman–Crippen MR) is 113 cm³/mol.